The lowest BCUT2D eigenvalue weighted by atomic mass is 9.92. The first-order valence-electron chi connectivity index (χ1n) is 6.37. The number of rotatable bonds is 3. The standard InChI is InChI=1S/C11H23N3O2S/c1-11(2)4-3-10(9-11)13-17(15,16)14-7-5-12-6-8-14/h10,12-13H,3-9H2,1-2H3. The van der Waals surface area contributed by atoms with Crippen LogP contribution in [-0.4, -0.2) is 44.9 Å². The van der Waals surface area contributed by atoms with E-state index in [4.69, 9.17) is 0 Å². The molecule has 0 amide bonds. The molecule has 1 atom stereocenters. The minimum absolute atomic E-state index is 0.116. The van der Waals surface area contributed by atoms with Crippen LogP contribution >= 0.6 is 0 Å². The topological polar surface area (TPSA) is 61.4 Å². The van der Waals surface area contributed by atoms with Crippen LogP contribution in [0.5, 0.6) is 0 Å². The highest BCUT2D eigenvalue weighted by Crippen LogP contribution is 2.37. The van der Waals surface area contributed by atoms with E-state index in [0.29, 0.717) is 13.1 Å². The van der Waals surface area contributed by atoms with Gasteiger partial charge in [-0.1, -0.05) is 13.8 Å². The fourth-order valence-corrected chi connectivity index (χ4v) is 4.14. The van der Waals surface area contributed by atoms with Crippen LogP contribution in [0.2, 0.25) is 0 Å². The molecule has 5 nitrogen and oxygen atoms in total. The predicted molar refractivity (Wildman–Crippen MR) is 67.9 cm³/mol. The minimum Gasteiger partial charge on any atom is -0.314 e. The van der Waals surface area contributed by atoms with Crippen molar-refractivity contribution in [2.24, 2.45) is 5.41 Å². The molecular formula is C11H23N3O2S. The van der Waals surface area contributed by atoms with Gasteiger partial charge in [-0.3, -0.25) is 0 Å². The van der Waals surface area contributed by atoms with E-state index in [2.05, 4.69) is 23.9 Å². The molecule has 100 valence electrons. The summed E-state index contributed by atoms with van der Waals surface area (Å²) >= 11 is 0. The Balaban J connectivity index is 1.93. The molecule has 1 heterocycles. The number of piperazine rings is 1. The summed E-state index contributed by atoms with van der Waals surface area (Å²) in [7, 11) is -3.27. The van der Waals surface area contributed by atoms with Crippen molar-refractivity contribution in [3.63, 3.8) is 0 Å². The fourth-order valence-electron chi connectivity index (χ4n) is 2.71. The van der Waals surface area contributed by atoms with Gasteiger partial charge in [-0.25, -0.2) is 0 Å². The Bertz CT molecular complexity index is 361. The van der Waals surface area contributed by atoms with E-state index in [9.17, 15) is 8.42 Å². The Labute approximate surface area is 104 Å². The molecule has 1 aliphatic carbocycles. The zero-order chi connectivity index (χ0) is 12.5. The second-order valence-electron chi connectivity index (χ2n) is 5.88. The first-order chi connectivity index (χ1) is 7.89. The van der Waals surface area contributed by atoms with Gasteiger partial charge >= 0.3 is 0 Å². The summed E-state index contributed by atoms with van der Waals surface area (Å²) in [6.07, 6.45) is 3.00. The number of nitrogens with zero attached hydrogens (tertiary/aromatic N) is 1. The molecule has 1 saturated heterocycles. The SMILES string of the molecule is CC1(C)CCC(NS(=O)(=O)N2CCNCC2)C1. The van der Waals surface area contributed by atoms with E-state index in [-0.39, 0.29) is 11.5 Å². The molecule has 0 aromatic heterocycles. The molecule has 0 radical (unpaired) electrons. The van der Waals surface area contributed by atoms with Crippen LogP contribution in [-0.2, 0) is 10.2 Å². The molecule has 17 heavy (non-hydrogen) atoms. The highest BCUT2D eigenvalue weighted by molar-refractivity contribution is 7.87. The number of nitrogens with one attached hydrogen (secondary N) is 2. The molecule has 0 spiro atoms. The highest BCUT2D eigenvalue weighted by atomic mass is 32.2. The van der Waals surface area contributed by atoms with Gasteiger partial charge in [0.05, 0.1) is 0 Å². The smallest absolute Gasteiger partial charge is 0.279 e. The van der Waals surface area contributed by atoms with Gasteiger partial charge in [0.2, 0.25) is 0 Å². The average Bonchev–Trinajstić information content (AvgIpc) is 2.58. The largest absolute Gasteiger partial charge is 0.314 e. The fraction of sp³-hybridized carbons (Fsp3) is 1.00. The summed E-state index contributed by atoms with van der Waals surface area (Å²) in [5.74, 6) is 0. The van der Waals surface area contributed by atoms with Gasteiger partial charge in [0.15, 0.2) is 0 Å². The lowest BCUT2D eigenvalue weighted by molar-refractivity contribution is 0.345. The molecule has 1 unspecified atom stereocenters. The van der Waals surface area contributed by atoms with E-state index in [1.54, 1.807) is 4.31 Å². The Morgan fingerprint density at radius 1 is 1.29 bits per heavy atom. The highest BCUT2D eigenvalue weighted by Gasteiger charge is 2.34. The van der Waals surface area contributed by atoms with Gasteiger partial charge in [-0.15, -0.1) is 0 Å². The van der Waals surface area contributed by atoms with Gasteiger partial charge < -0.3 is 5.32 Å². The van der Waals surface area contributed by atoms with Gasteiger partial charge in [-0.05, 0) is 24.7 Å². The monoisotopic (exact) mass is 261 g/mol. The van der Waals surface area contributed by atoms with Crippen LogP contribution < -0.4 is 10.0 Å². The normalized spacial score (nSPS) is 30.6. The van der Waals surface area contributed by atoms with Crippen molar-refractivity contribution in [3.05, 3.63) is 0 Å². The summed E-state index contributed by atoms with van der Waals surface area (Å²) in [4.78, 5) is 0. The van der Waals surface area contributed by atoms with Crippen LogP contribution in [0.3, 0.4) is 0 Å². The third-order valence-electron chi connectivity index (χ3n) is 3.70. The van der Waals surface area contributed by atoms with Crippen molar-refractivity contribution in [3.8, 4) is 0 Å². The van der Waals surface area contributed by atoms with E-state index in [1.807, 2.05) is 0 Å². The zero-order valence-electron chi connectivity index (χ0n) is 10.7. The minimum atomic E-state index is -3.27. The molecule has 0 bridgehead atoms. The molecule has 6 heteroatoms. The van der Waals surface area contributed by atoms with Crippen LogP contribution in [0, 0.1) is 5.41 Å². The van der Waals surface area contributed by atoms with Gasteiger partial charge in [-0.2, -0.15) is 17.4 Å². The molecule has 2 fully saturated rings. The van der Waals surface area contributed by atoms with E-state index in [0.717, 1.165) is 32.4 Å². The summed E-state index contributed by atoms with van der Waals surface area (Å²) in [5, 5.41) is 3.16. The Morgan fingerprint density at radius 3 is 2.47 bits per heavy atom. The Kier molecular flexibility index (Phi) is 3.77. The first kappa shape index (κ1) is 13.3. The number of hydrogen-bond acceptors (Lipinski definition) is 3. The van der Waals surface area contributed by atoms with Gasteiger partial charge in [0.25, 0.3) is 10.2 Å². The average molecular weight is 261 g/mol. The predicted octanol–water partition coefficient (Wildman–Crippen LogP) is 0.305. The lowest BCUT2D eigenvalue weighted by Crippen LogP contribution is -2.52. The summed E-state index contributed by atoms with van der Waals surface area (Å²) in [6.45, 7) is 7.04. The van der Waals surface area contributed by atoms with Crippen molar-refractivity contribution < 1.29 is 8.42 Å². The molecule has 2 N–H and O–H groups in total. The molecule has 0 aromatic rings. The summed E-state index contributed by atoms with van der Waals surface area (Å²) in [6, 6.07) is 0.116. The Morgan fingerprint density at radius 2 is 1.94 bits per heavy atom. The quantitative estimate of drug-likeness (QED) is 0.768. The lowest BCUT2D eigenvalue weighted by Gasteiger charge is -2.28. The maximum atomic E-state index is 12.1. The van der Waals surface area contributed by atoms with Gasteiger partial charge in [0.1, 0.15) is 0 Å². The summed E-state index contributed by atoms with van der Waals surface area (Å²) < 4.78 is 28.7. The van der Waals surface area contributed by atoms with Crippen molar-refractivity contribution in [1.29, 1.82) is 0 Å². The van der Waals surface area contributed by atoms with E-state index >= 15 is 0 Å². The molecule has 2 rings (SSSR count). The van der Waals surface area contributed by atoms with E-state index in [1.165, 1.54) is 0 Å². The maximum absolute atomic E-state index is 12.1. The van der Waals surface area contributed by atoms with Crippen LogP contribution in [0.15, 0.2) is 0 Å². The maximum Gasteiger partial charge on any atom is 0.279 e. The number of hydrogen-bond donors (Lipinski definition) is 2. The molecule has 0 aromatic carbocycles. The molecule has 1 aliphatic heterocycles. The van der Waals surface area contributed by atoms with Gasteiger partial charge in [0, 0.05) is 32.2 Å². The molecule has 2 aliphatic rings. The third kappa shape index (κ3) is 3.40. The van der Waals surface area contributed by atoms with Crippen molar-refractivity contribution in [1.82, 2.24) is 14.3 Å². The Hall–Kier alpha value is -0.170. The van der Waals surface area contributed by atoms with Crippen molar-refractivity contribution >= 4 is 10.2 Å². The second kappa shape index (κ2) is 4.84. The van der Waals surface area contributed by atoms with Crippen molar-refractivity contribution in [2.45, 2.75) is 39.2 Å². The molecule has 1 saturated carbocycles. The third-order valence-corrected chi connectivity index (χ3v) is 5.38. The van der Waals surface area contributed by atoms with E-state index < -0.39 is 10.2 Å². The second-order valence-corrected chi connectivity index (χ2v) is 7.58. The van der Waals surface area contributed by atoms with Crippen molar-refractivity contribution in [2.75, 3.05) is 26.2 Å². The summed E-state index contributed by atoms with van der Waals surface area (Å²) in [5.41, 5.74) is 0.274. The van der Waals surface area contributed by atoms with Crippen LogP contribution in [0.1, 0.15) is 33.1 Å². The first-order valence-corrected chi connectivity index (χ1v) is 7.81. The molecular weight excluding hydrogens is 238 g/mol. The van der Waals surface area contributed by atoms with Crippen LogP contribution in [0.25, 0.3) is 0 Å². The zero-order valence-corrected chi connectivity index (χ0v) is 11.5. The van der Waals surface area contributed by atoms with Crippen LogP contribution in [0.4, 0.5) is 0 Å².